The van der Waals surface area contributed by atoms with Crippen molar-refractivity contribution in [3.05, 3.63) is 71.8 Å². The zero-order valence-corrected chi connectivity index (χ0v) is 20.4. The summed E-state index contributed by atoms with van der Waals surface area (Å²) in [4.78, 5) is 51.2. The highest BCUT2D eigenvalue weighted by Gasteiger charge is 2.56. The van der Waals surface area contributed by atoms with Gasteiger partial charge in [-0.25, -0.2) is 10.2 Å². The fraction of sp³-hybridized carbons (Fsp3) is 0.320. The average Bonchev–Trinajstić information content (AvgIpc) is 2.92. The first-order valence-corrected chi connectivity index (χ1v) is 12.4. The molecule has 0 aliphatic carbocycles. The van der Waals surface area contributed by atoms with Gasteiger partial charge in [-0.15, -0.1) is 11.8 Å². The number of hydrogen-bond acceptors (Lipinski definition) is 9. The van der Waals surface area contributed by atoms with Gasteiger partial charge in [-0.3, -0.25) is 14.4 Å². The van der Waals surface area contributed by atoms with Crippen LogP contribution in [-0.4, -0.2) is 65.2 Å². The van der Waals surface area contributed by atoms with E-state index < -0.39 is 35.4 Å². The molecule has 3 N–H and O–H groups in total. The summed E-state index contributed by atoms with van der Waals surface area (Å²) in [7, 11) is 0. The van der Waals surface area contributed by atoms with Crippen LogP contribution in [0.5, 0.6) is 0 Å². The van der Waals surface area contributed by atoms with Crippen LogP contribution in [0.15, 0.2) is 65.8 Å². The van der Waals surface area contributed by atoms with Gasteiger partial charge in [0.05, 0.1) is 6.61 Å². The van der Waals surface area contributed by atoms with Gasteiger partial charge in [0.2, 0.25) is 5.91 Å². The number of nitrogens with zero attached hydrogens (tertiary/aromatic N) is 2. The Balaban J connectivity index is 1.61. The van der Waals surface area contributed by atoms with Gasteiger partial charge in [-0.2, -0.15) is 5.10 Å². The number of rotatable bonds is 7. The number of nitrogens with one attached hydrogen (secondary N) is 1. The molecule has 2 heterocycles. The van der Waals surface area contributed by atoms with E-state index in [1.165, 1.54) is 22.9 Å². The second-order valence-corrected chi connectivity index (χ2v) is 9.48. The van der Waals surface area contributed by atoms with E-state index in [2.05, 4.69) is 15.3 Å². The summed E-state index contributed by atoms with van der Waals surface area (Å²) in [5.74, 6) is -2.87. The number of nitrogens with two attached hydrogens (primary N) is 1. The molecule has 2 aromatic rings. The van der Waals surface area contributed by atoms with Crippen LogP contribution in [-0.2, 0) is 28.7 Å². The molecular weight excluding hydrogens is 484 g/mol. The standard InChI is InChI=1S/C25H26N4O6S/c1-2-34-23(32)20(30)28-27-13-25(14-29-21(31)18(26)22(29)36-15-25)24(33)35-19(16-9-5-3-6-10-16)17-11-7-4-8-12-17/h3-13,18-19,22H,2,14-15,26H2,1H3,(H,28,30)/t18?,22-,25?/m1/s1. The Hall–Kier alpha value is -3.70. The third-order valence-corrected chi connectivity index (χ3v) is 7.49. The summed E-state index contributed by atoms with van der Waals surface area (Å²) in [6.07, 6.45) is 0.510. The van der Waals surface area contributed by atoms with Gasteiger partial charge >= 0.3 is 17.8 Å². The van der Waals surface area contributed by atoms with Crippen molar-refractivity contribution in [1.29, 1.82) is 0 Å². The summed E-state index contributed by atoms with van der Waals surface area (Å²) >= 11 is 1.34. The van der Waals surface area contributed by atoms with Gasteiger partial charge in [-0.05, 0) is 18.1 Å². The number of hydrogen-bond donors (Lipinski definition) is 2. The Morgan fingerprint density at radius 2 is 1.78 bits per heavy atom. The lowest BCUT2D eigenvalue weighted by atomic mass is 9.88. The number of hydrazone groups is 1. The quantitative estimate of drug-likeness (QED) is 0.186. The number of β-lactam (4-membered cyclic amide) rings is 1. The SMILES string of the molecule is CCOC(=O)C(=O)NN=CC1(C(=O)OC(c2ccccc2)c2ccccc2)CS[C@@H]2C(N)C(=O)N2C1. The summed E-state index contributed by atoms with van der Waals surface area (Å²) in [6.45, 7) is 1.58. The lowest BCUT2D eigenvalue weighted by molar-refractivity contribution is -0.159. The maximum absolute atomic E-state index is 13.8. The number of carbonyl (C=O) groups excluding carboxylic acids is 4. The van der Waals surface area contributed by atoms with Gasteiger partial charge in [0.15, 0.2) is 6.10 Å². The highest BCUT2D eigenvalue weighted by atomic mass is 32.2. The van der Waals surface area contributed by atoms with Crippen molar-refractivity contribution in [3.8, 4) is 0 Å². The minimum atomic E-state index is -1.39. The minimum absolute atomic E-state index is 0.0227. The topological polar surface area (TPSA) is 140 Å². The molecule has 10 nitrogen and oxygen atoms in total. The highest BCUT2D eigenvalue weighted by Crippen LogP contribution is 2.42. The monoisotopic (exact) mass is 510 g/mol. The van der Waals surface area contributed by atoms with Crippen LogP contribution in [0.25, 0.3) is 0 Å². The normalized spacial score (nSPS) is 23.1. The number of esters is 2. The van der Waals surface area contributed by atoms with Crippen molar-refractivity contribution in [3.63, 3.8) is 0 Å². The number of ether oxygens (including phenoxy) is 2. The Bertz CT molecular complexity index is 1120. The number of carbonyl (C=O) groups is 4. The molecule has 2 unspecified atom stereocenters. The minimum Gasteiger partial charge on any atom is -0.459 e. The van der Waals surface area contributed by atoms with Crippen LogP contribution in [0.4, 0.5) is 0 Å². The van der Waals surface area contributed by atoms with Crippen LogP contribution in [0.2, 0.25) is 0 Å². The van der Waals surface area contributed by atoms with Crippen molar-refractivity contribution < 1.29 is 28.7 Å². The van der Waals surface area contributed by atoms with Crippen LogP contribution in [0, 0.1) is 5.41 Å². The fourth-order valence-corrected chi connectivity index (χ4v) is 5.45. The molecule has 2 saturated heterocycles. The largest absolute Gasteiger partial charge is 0.459 e. The zero-order chi connectivity index (χ0) is 25.7. The van der Waals surface area contributed by atoms with E-state index in [-0.39, 0.29) is 30.2 Å². The van der Waals surface area contributed by atoms with Crippen molar-refractivity contribution >= 4 is 41.7 Å². The molecule has 11 heteroatoms. The third kappa shape index (κ3) is 5.12. The van der Waals surface area contributed by atoms with E-state index in [0.717, 1.165) is 11.1 Å². The van der Waals surface area contributed by atoms with E-state index in [0.29, 0.717) is 0 Å². The van der Waals surface area contributed by atoms with E-state index in [4.69, 9.17) is 10.5 Å². The smallest absolute Gasteiger partial charge is 0.398 e. The lowest BCUT2D eigenvalue weighted by Gasteiger charge is -2.52. The predicted molar refractivity (Wildman–Crippen MR) is 132 cm³/mol. The summed E-state index contributed by atoms with van der Waals surface area (Å²) in [6, 6.07) is 17.9. The second-order valence-electron chi connectivity index (χ2n) is 8.38. The predicted octanol–water partition coefficient (Wildman–Crippen LogP) is 1.21. The maximum Gasteiger partial charge on any atom is 0.398 e. The number of benzene rings is 2. The second kappa shape index (κ2) is 10.9. The molecule has 0 spiro atoms. The highest BCUT2D eigenvalue weighted by molar-refractivity contribution is 8.00. The van der Waals surface area contributed by atoms with Gasteiger partial charge in [0.25, 0.3) is 0 Å². The third-order valence-electron chi connectivity index (χ3n) is 5.92. The molecule has 36 heavy (non-hydrogen) atoms. The Labute approximate surface area is 212 Å². The number of thioether (sulfide) groups is 1. The van der Waals surface area contributed by atoms with E-state index in [1.807, 2.05) is 60.7 Å². The first-order chi connectivity index (χ1) is 17.4. The zero-order valence-electron chi connectivity index (χ0n) is 19.5. The lowest BCUT2D eigenvalue weighted by Crippen LogP contribution is -2.72. The van der Waals surface area contributed by atoms with E-state index >= 15 is 0 Å². The van der Waals surface area contributed by atoms with Crippen LogP contribution in [0.1, 0.15) is 24.2 Å². The Morgan fingerprint density at radius 1 is 1.17 bits per heavy atom. The van der Waals surface area contributed by atoms with Crippen LogP contribution >= 0.6 is 11.8 Å². The molecule has 2 aromatic carbocycles. The number of amides is 2. The fourth-order valence-electron chi connectivity index (χ4n) is 4.02. The number of fused-ring (bicyclic) bond motifs is 1. The van der Waals surface area contributed by atoms with Crippen LogP contribution < -0.4 is 11.2 Å². The van der Waals surface area contributed by atoms with Crippen molar-refractivity contribution in [2.45, 2.75) is 24.4 Å². The van der Waals surface area contributed by atoms with Crippen molar-refractivity contribution in [2.75, 3.05) is 18.9 Å². The molecule has 188 valence electrons. The first-order valence-electron chi connectivity index (χ1n) is 11.4. The van der Waals surface area contributed by atoms with Crippen molar-refractivity contribution in [1.82, 2.24) is 10.3 Å². The molecule has 0 bridgehead atoms. The molecule has 0 saturated carbocycles. The molecule has 2 amide bonds. The molecule has 2 fully saturated rings. The average molecular weight is 511 g/mol. The molecule has 4 rings (SSSR count). The summed E-state index contributed by atoms with van der Waals surface area (Å²) in [5, 5.41) is 3.61. The van der Waals surface area contributed by atoms with Crippen LogP contribution in [0.3, 0.4) is 0 Å². The first kappa shape index (κ1) is 25.4. The van der Waals surface area contributed by atoms with Gasteiger partial charge in [-0.1, -0.05) is 60.7 Å². The van der Waals surface area contributed by atoms with Gasteiger partial charge < -0.3 is 20.1 Å². The van der Waals surface area contributed by atoms with E-state index in [1.54, 1.807) is 6.92 Å². The molecule has 0 radical (unpaired) electrons. The van der Waals surface area contributed by atoms with Gasteiger partial charge in [0, 0.05) is 18.5 Å². The van der Waals surface area contributed by atoms with Gasteiger partial charge in [0.1, 0.15) is 16.8 Å². The Kier molecular flexibility index (Phi) is 7.70. The molecule has 2 aliphatic rings. The molecule has 2 aliphatic heterocycles. The maximum atomic E-state index is 13.8. The molecule has 3 atom stereocenters. The molecular formula is C25H26N4O6S. The Morgan fingerprint density at radius 3 is 2.36 bits per heavy atom. The van der Waals surface area contributed by atoms with E-state index in [9.17, 15) is 19.2 Å². The molecule has 0 aromatic heterocycles. The summed E-state index contributed by atoms with van der Waals surface area (Å²) < 4.78 is 10.7. The summed E-state index contributed by atoms with van der Waals surface area (Å²) in [5.41, 5.74) is 8.14. The van der Waals surface area contributed by atoms with Crippen molar-refractivity contribution in [2.24, 2.45) is 16.3 Å².